The van der Waals surface area contributed by atoms with Crippen LogP contribution in [-0.2, 0) is 6.54 Å². The molecule has 2 aromatic rings. The van der Waals surface area contributed by atoms with Crippen LogP contribution in [0.2, 0.25) is 0 Å². The summed E-state index contributed by atoms with van der Waals surface area (Å²) in [5, 5.41) is 23.3. The number of nitrogens with one attached hydrogen (secondary N) is 1. The standard InChI is InChI=1S/C14H13FN2O4/c1-21-14-5-3-11(17(19)20)7-12(14)16-8-9-6-10(15)2-4-13(9)18/h2-7,16,18H,8H2,1H3. The van der Waals surface area contributed by atoms with E-state index in [9.17, 15) is 19.6 Å². The molecular weight excluding hydrogens is 279 g/mol. The Balaban J connectivity index is 2.24. The van der Waals surface area contributed by atoms with Gasteiger partial charge in [-0.2, -0.15) is 0 Å². The van der Waals surface area contributed by atoms with E-state index in [1.165, 1.54) is 37.4 Å². The van der Waals surface area contributed by atoms with E-state index in [0.717, 1.165) is 6.07 Å². The Bertz CT molecular complexity index is 676. The van der Waals surface area contributed by atoms with Crippen LogP contribution in [0.3, 0.4) is 0 Å². The van der Waals surface area contributed by atoms with Crippen LogP contribution in [0.5, 0.6) is 11.5 Å². The summed E-state index contributed by atoms with van der Waals surface area (Å²) >= 11 is 0. The highest BCUT2D eigenvalue weighted by molar-refractivity contribution is 5.61. The molecule has 2 N–H and O–H groups in total. The van der Waals surface area contributed by atoms with Gasteiger partial charge in [0.1, 0.15) is 17.3 Å². The maximum absolute atomic E-state index is 13.1. The molecule has 0 aliphatic heterocycles. The van der Waals surface area contributed by atoms with Crippen molar-refractivity contribution in [3.05, 3.63) is 57.9 Å². The Morgan fingerprint density at radius 2 is 2.10 bits per heavy atom. The number of aromatic hydroxyl groups is 1. The fraction of sp³-hybridized carbons (Fsp3) is 0.143. The molecule has 0 radical (unpaired) electrons. The Labute approximate surface area is 119 Å². The normalized spacial score (nSPS) is 10.2. The lowest BCUT2D eigenvalue weighted by molar-refractivity contribution is -0.384. The first kappa shape index (κ1) is 14.6. The minimum atomic E-state index is -0.524. The van der Waals surface area contributed by atoms with Crippen molar-refractivity contribution in [2.24, 2.45) is 0 Å². The molecule has 0 atom stereocenters. The second-order valence-corrected chi connectivity index (χ2v) is 4.27. The van der Waals surface area contributed by atoms with Gasteiger partial charge in [0.15, 0.2) is 0 Å². The van der Waals surface area contributed by atoms with Crippen molar-refractivity contribution in [1.29, 1.82) is 0 Å². The third kappa shape index (κ3) is 3.38. The van der Waals surface area contributed by atoms with Gasteiger partial charge in [-0.05, 0) is 24.3 Å². The molecule has 110 valence electrons. The van der Waals surface area contributed by atoms with Gasteiger partial charge in [-0.3, -0.25) is 10.1 Å². The maximum Gasteiger partial charge on any atom is 0.271 e. The molecule has 0 aromatic heterocycles. The molecule has 0 bridgehead atoms. The molecule has 21 heavy (non-hydrogen) atoms. The van der Waals surface area contributed by atoms with E-state index >= 15 is 0 Å². The highest BCUT2D eigenvalue weighted by Crippen LogP contribution is 2.30. The van der Waals surface area contributed by atoms with E-state index in [2.05, 4.69) is 5.32 Å². The van der Waals surface area contributed by atoms with Crippen molar-refractivity contribution in [2.45, 2.75) is 6.54 Å². The first-order valence-electron chi connectivity index (χ1n) is 6.05. The topological polar surface area (TPSA) is 84.6 Å². The number of phenolic OH excluding ortho intramolecular Hbond substituents is 1. The monoisotopic (exact) mass is 292 g/mol. The van der Waals surface area contributed by atoms with Gasteiger partial charge in [-0.15, -0.1) is 0 Å². The summed E-state index contributed by atoms with van der Waals surface area (Å²) < 4.78 is 18.2. The summed E-state index contributed by atoms with van der Waals surface area (Å²) in [6, 6.07) is 7.68. The van der Waals surface area contributed by atoms with Gasteiger partial charge >= 0.3 is 0 Å². The van der Waals surface area contributed by atoms with Crippen molar-refractivity contribution in [2.75, 3.05) is 12.4 Å². The number of nitrogens with zero attached hydrogens (tertiary/aromatic N) is 1. The summed E-state index contributed by atoms with van der Waals surface area (Å²) in [5.41, 5.74) is 0.626. The first-order chi connectivity index (χ1) is 10.0. The number of non-ortho nitro benzene ring substituents is 1. The molecule has 0 saturated heterocycles. The number of ether oxygens (including phenoxy) is 1. The van der Waals surface area contributed by atoms with Gasteiger partial charge in [-0.25, -0.2) is 4.39 Å². The Kier molecular flexibility index (Phi) is 4.22. The van der Waals surface area contributed by atoms with E-state index in [0.29, 0.717) is 17.0 Å². The fourth-order valence-corrected chi connectivity index (χ4v) is 1.83. The number of benzene rings is 2. The molecule has 0 saturated carbocycles. The summed E-state index contributed by atoms with van der Waals surface area (Å²) in [6.07, 6.45) is 0. The fourth-order valence-electron chi connectivity index (χ4n) is 1.83. The number of hydrogen-bond acceptors (Lipinski definition) is 5. The van der Waals surface area contributed by atoms with Gasteiger partial charge in [0.25, 0.3) is 5.69 Å². The molecule has 0 amide bonds. The number of halogens is 1. The molecule has 0 heterocycles. The van der Waals surface area contributed by atoms with Crippen LogP contribution in [0.15, 0.2) is 36.4 Å². The largest absolute Gasteiger partial charge is 0.508 e. The molecule has 6 nitrogen and oxygen atoms in total. The summed E-state index contributed by atoms with van der Waals surface area (Å²) in [7, 11) is 1.44. The van der Waals surface area contributed by atoms with Crippen LogP contribution in [0.4, 0.5) is 15.8 Å². The molecule has 0 unspecified atom stereocenters. The van der Waals surface area contributed by atoms with E-state index in [4.69, 9.17) is 4.74 Å². The van der Waals surface area contributed by atoms with E-state index in [1.807, 2.05) is 0 Å². The third-order valence-corrected chi connectivity index (χ3v) is 2.90. The number of rotatable bonds is 5. The number of methoxy groups -OCH3 is 1. The Hall–Kier alpha value is -2.83. The van der Waals surface area contributed by atoms with Crippen molar-refractivity contribution in [3.63, 3.8) is 0 Å². The maximum atomic E-state index is 13.1. The number of nitro groups is 1. The molecule has 0 aliphatic carbocycles. The summed E-state index contributed by atoms with van der Waals surface area (Å²) in [4.78, 5) is 10.2. The Morgan fingerprint density at radius 1 is 1.33 bits per heavy atom. The second-order valence-electron chi connectivity index (χ2n) is 4.27. The molecule has 2 rings (SSSR count). The number of phenols is 1. The smallest absolute Gasteiger partial charge is 0.271 e. The number of hydrogen-bond donors (Lipinski definition) is 2. The average Bonchev–Trinajstić information content (AvgIpc) is 2.47. The van der Waals surface area contributed by atoms with Crippen LogP contribution in [0.1, 0.15) is 5.56 Å². The zero-order chi connectivity index (χ0) is 15.4. The zero-order valence-electron chi connectivity index (χ0n) is 11.2. The van der Waals surface area contributed by atoms with Crippen LogP contribution in [0, 0.1) is 15.9 Å². The highest BCUT2D eigenvalue weighted by atomic mass is 19.1. The van der Waals surface area contributed by atoms with Crippen molar-refractivity contribution in [3.8, 4) is 11.5 Å². The minimum absolute atomic E-state index is 0.0618. The predicted octanol–water partition coefficient (Wildman–Crippen LogP) is 3.06. The third-order valence-electron chi connectivity index (χ3n) is 2.90. The second kappa shape index (κ2) is 6.08. The molecule has 7 heteroatoms. The summed E-state index contributed by atoms with van der Waals surface area (Å²) in [5.74, 6) is -0.125. The van der Waals surface area contributed by atoms with Crippen LogP contribution in [-0.4, -0.2) is 17.1 Å². The molecule has 2 aromatic carbocycles. The van der Waals surface area contributed by atoms with Gasteiger partial charge in [0.2, 0.25) is 0 Å². The molecule has 0 aliphatic rings. The van der Waals surface area contributed by atoms with Crippen LogP contribution >= 0.6 is 0 Å². The van der Waals surface area contributed by atoms with Crippen molar-refractivity contribution in [1.82, 2.24) is 0 Å². The van der Waals surface area contributed by atoms with E-state index in [-0.39, 0.29) is 18.0 Å². The minimum Gasteiger partial charge on any atom is -0.508 e. The molecule has 0 fully saturated rings. The number of nitro benzene ring substituents is 1. The van der Waals surface area contributed by atoms with Gasteiger partial charge in [0.05, 0.1) is 17.7 Å². The molecular formula is C14H13FN2O4. The quantitative estimate of drug-likeness (QED) is 0.653. The van der Waals surface area contributed by atoms with E-state index < -0.39 is 10.7 Å². The first-order valence-corrected chi connectivity index (χ1v) is 6.05. The lowest BCUT2D eigenvalue weighted by Crippen LogP contribution is -2.03. The Morgan fingerprint density at radius 3 is 2.76 bits per heavy atom. The van der Waals surface area contributed by atoms with E-state index in [1.54, 1.807) is 0 Å². The highest BCUT2D eigenvalue weighted by Gasteiger charge is 2.12. The van der Waals surface area contributed by atoms with Crippen LogP contribution < -0.4 is 10.1 Å². The van der Waals surface area contributed by atoms with Gasteiger partial charge < -0.3 is 15.2 Å². The van der Waals surface area contributed by atoms with Gasteiger partial charge in [0, 0.05) is 24.2 Å². The number of anilines is 1. The lowest BCUT2D eigenvalue weighted by atomic mass is 10.2. The lowest BCUT2D eigenvalue weighted by Gasteiger charge is -2.12. The molecule has 0 spiro atoms. The SMILES string of the molecule is COc1ccc([N+](=O)[O-])cc1NCc1cc(F)ccc1O. The predicted molar refractivity (Wildman–Crippen MR) is 75.0 cm³/mol. The van der Waals surface area contributed by atoms with Gasteiger partial charge in [-0.1, -0.05) is 0 Å². The van der Waals surface area contributed by atoms with Crippen molar-refractivity contribution >= 4 is 11.4 Å². The van der Waals surface area contributed by atoms with Crippen LogP contribution in [0.25, 0.3) is 0 Å². The average molecular weight is 292 g/mol. The zero-order valence-corrected chi connectivity index (χ0v) is 11.2. The summed E-state index contributed by atoms with van der Waals surface area (Å²) in [6.45, 7) is 0.0983. The van der Waals surface area contributed by atoms with Crippen molar-refractivity contribution < 1.29 is 19.2 Å².